The monoisotopic (exact) mass is 210 g/mol. The smallest absolute Gasteiger partial charge is 0.0528 e. The molecule has 1 aliphatic heterocycles. The normalized spacial score (nSPS) is 40.2. The van der Waals surface area contributed by atoms with Crippen molar-refractivity contribution in [1.29, 1.82) is 0 Å². The molecule has 1 saturated heterocycles. The first-order valence-corrected chi connectivity index (χ1v) is 6.55. The molecule has 1 heteroatoms. The molecule has 2 aliphatic rings. The predicted molar refractivity (Wildman–Crippen MR) is 63.8 cm³/mol. The third-order valence-corrected chi connectivity index (χ3v) is 5.21. The second-order valence-corrected chi connectivity index (χ2v) is 6.74. The Morgan fingerprint density at radius 3 is 2.07 bits per heavy atom. The minimum absolute atomic E-state index is 0.412. The van der Waals surface area contributed by atoms with Crippen LogP contribution in [-0.2, 0) is 4.74 Å². The van der Waals surface area contributed by atoms with Crippen LogP contribution in [0.25, 0.3) is 0 Å². The molecular formula is C14H26O. The molecule has 88 valence electrons. The van der Waals surface area contributed by atoms with Crippen molar-refractivity contribution >= 4 is 0 Å². The Kier molecular flexibility index (Phi) is 2.87. The van der Waals surface area contributed by atoms with Gasteiger partial charge in [0.15, 0.2) is 0 Å². The highest BCUT2D eigenvalue weighted by atomic mass is 16.5. The Balaban J connectivity index is 2.03. The molecule has 1 aliphatic carbocycles. The summed E-state index contributed by atoms with van der Waals surface area (Å²) in [5.41, 5.74) is 0.924. The van der Waals surface area contributed by atoms with E-state index in [0.29, 0.717) is 10.8 Å². The van der Waals surface area contributed by atoms with E-state index >= 15 is 0 Å². The van der Waals surface area contributed by atoms with Gasteiger partial charge in [0.2, 0.25) is 0 Å². The number of rotatable bonds is 1. The van der Waals surface area contributed by atoms with Gasteiger partial charge in [0.25, 0.3) is 0 Å². The first kappa shape index (κ1) is 11.4. The van der Waals surface area contributed by atoms with Crippen molar-refractivity contribution in [2.24, 2.45) is 22.7 Å². The van der Waals surface area contributed by atoms with Crippen molar-refractivity contribution in [2.75, 3.05) is 13.2 Å². The summed E-state index contributed by atoms with van der Waals surface area (Å²) in [6, 6.07) is 0. The zero-order valence-electron chi connectivity index (χ0n) is 10.8. The number of hydrogen-bond donors (Lipinski definition) is 0. The zero-order chi connectivity index (χ0) is 11.1. The molecule has 1 spiro atoms. The van der Waals surface area contributed by atoms with Crippen LogP contribution in [0.15, 0.2) is 0 Å². The standard InChI is InChI=1S/C14H26O/c1-11(2)12-5-7-14(8-6-12)10-15-9-13(14,3)4/h11-12H,5-10H2,1-4H3. The summed E-state index contributed by atoms with van der Waals surface area (Å²) in [6.45, 7) is 11.5. The fraction of sp³-hybridized carbons (Fsp3) is 1.00. The Hall–Kier alpha value is -0.0400. The second kappa shape index (κ2) is 3.76. The highest BCUT2D eigenvalue weighted by Crippen LogP contribution is 2.55. The van der Waals surface area contributed by atoms with Crippen LogP contribution in [0, 0.1) is 22.7 Å². The fourth-order valence-corrected chi connectivity index (χ4v) is 3.53. The summed E-state index contributed by atoms with van der Waals surface area (Å²) in [7, 11) is 0. The van der Waals surface area contributed by atoms with Gasteiger partial charge >= 0.3 is 0 Å². The van der Waals surface area contributed by atoms with E-state index < -0.39 is 0 Å². The van der Waals surface area contributed by atoms with Gasteiger partial charge in [0.1, 0.15) is 0 Å². The maximum atomic E-state index is 5.75. The largest absolute Gasteiger partial charge is 0.380 e. The SMILES string of the molecule is CC(C)C1CCC2(CC1)COCC2(C)C. The van der Waals surface area contributed by atoms with Crippen molar-refractivity contribution < 1.29 is 4.74 Å². The van der Waals surface area contributed by atoms with E-state index in [-0.39, 0.29) is 0 Å². The summed E-state index contributed by atoms with van der Waals surface area (Å²) < 4.78 is 5.75. The van der Waals surface area contributed by atoms with E-state index in [2.05, 4.69) is 27.7 Å². The molecule has 1 heterocycles. The lowest BCUT2D eigenvalue weighted by Gasteiger charge is -2.45. The second-order valence-electron chi connectivity index (χ2n) is 6.74. The van der Waals surface area contributed by atoms with E-state index in [4.69, 9.17) is 4.74 Å². The van der Waals surface area contributed by atoms with Crippen LogP contribution in [0.2, 0.25) is 0 Å². The van der Waals surface area contributed by atoms with Gasteiger partial charge in [-0.3, -0.25) is 0 Å². The first-order valence-electron chi connectivity index (χ1n) is 6.55. The van der Waals surface area contributed by atoms with Crippen molar-refractivity contribution in [3.63, 3.8) is 0 Å². The lowest BCUT2D eigenvalue weighted by Crippen LogP contribution is -2.40. The van der Waals surface area contributed by atoms with Gasteiger partial charge < -0.3 is 4.74 Å². The van der Waals surface area contributed by atoms with E-state index in [1.807, 2.05) is 0 Å². The summed E-state index contributed by atoms with van der Waals surface area (Å²) in [5.74, 6) is 1.83. The van der Waals surface area contributed by atoms with Gasteiger partial charge in [0, 0.05) is 5.41 Å². The van der Waals surface area contributed by atoms with Crippen molar-refractivity contribution in [1.82, 2.24) is 0 Å². The molecule has 0 aromatic heterocycles. The van der Waals surface area contributed by atoms with Crippen LogP contribution in [0.5, 0.6) is 0 Å². The van der Waals surface area contributed by atoms with E-state index in [1.165, 1.54) is 25.7 Å². The molecule has 0 bridgehead atoms. The fourth-order valence-electron chi connectivity index (χ4n) is 3.53. The van der Waals surface area contributed by atoms with Crippen LogP contribution >= 0.6 is 0 Å². The topological polar surface area (TPSA) is 9.23 Å². The molecule has 0 aromatic rings. The van der Waals surface area contributed by atoms with E-state index in [1.54, 1.807) is 0 Å². The number of hydrogen-bond acceptors (Lipinski definition) is 1. The van der Waals surface area contributed by atoms with Crippen LogP contribution in [0.1, 0.15) is 53.4 Å². The number of ether oxygens (including phenoxy) is 1. The summed E-state index contributed by atoms with van der Waals surface area (Å²) in [5, 5.41) is 0. The van der Waals surface area contributed by atoms with Gasteiger partial charge in [-0.15, -0.1) is 0 Å². The maximum Gasteiger partial charge on any atom is 0.0528 e. The highest BCUT2D eigenvalue weighted by Gasteiger charge is 2.51. The Morgan fingerprint density at radius 1 is 1.07 bits per heavy atom. The lowest BCUT2D eigenvalue weighted by atomic mass is 9.58. The van der Waals surface area contributed by atoms with Crippen LogP contribution in [0.4, 0.5) is 0 Å². The molecule has 2 rings (SSSR count). The molecular weight excluding hydrogens is 184 g/mol. The molecule has 0 unspecified atom stereocenters. The van der Waals surface area contributed by atoms with Gasteiger partial charge in [-0.2, -0.15) is 0 Å². The van der Waals surface area contributed by atoms with Gasteiger partial charge in [-0.05, 0) is 42.9 Å². The highest BCUT2D eigenvalue weighted by molar-refractivity contribution is 4.99. The first-order chi connectivity index (χ1) is 6.97. The van der Waals surface area contributed by atoms with E-state index in [0.717, 1.165) is 25.0 Å². The molecule has 1 nitrogen and oxygen atoms in total. The molecule has 0 radical (unpaired) electrons. The molecule has 0 aromatic carbocycles. The van der Waals surface area contributed by atoms with Gasteiger partial charge in [-0.1, -0.05) is 27.7 Å². The van der Waals surface area contributed by atoms with Crippen LogP contribution in [0.3, 0.4) is 0 Å². The Labute approximate surface area is 94.6 Å². The van der Waals surface area contributed by atoms with Crippen LogP contribution in [-0.4, -0.2) is 13.2 Å². The molecule has 0 atom stereocenters. The van der Waals surface area contributed by atoms with Crippen LogP contribution < -0.4 is 0 Å². The van der Waals surface area contributed by atoms with Crippen molar-refractivity contribution in [2.45, 2.75) is 53.4 Å². The van der Waals surface area contributed by atoms with Crippen molar-refractivity contribution in [3.8, 4) is 0 Å². The quantitative estimate of drug-likeness (QED) is 0.638. The van der Waals surface area contributed by atoms with Gasteiger partial charge in [0.05, 0.1) is 13.2 Å². The summed E-state index contributed by atoms with van der Waals surface area (Å²) in [6.07, 6.45) is 5.63. The Morgan fingerprint density at radius 2 is 1.67 bits per heavy atom. The summed E-state index contributed by atoms with van der Waals surface area (Å²) >= 11 is 0. The maximum absolute atomic E-state index is 5.75. The molecule has 1 saturated carbocycles. The van der Waals surface area contributed by atoms with Crippen molar-refractivity contribution in [3.05, 3.63) is 0 Å². The molecule has 0 amide bonds. The molecule has 0 N–H and O–H groups in total. The average Bonchev–Trinajstić information content (AvgIpc) is 2.43. The minimum Gasteiger partial charge on any atom is -0.380 e. The predicted octanol–water partition coefficient (Wildman–Crippen LogP) is 3.88. The average molecular weight is 210 g/mol. The minimum atomic E-state index is 0.412. The molecule has 2 fully saturated rings. The van der Waals surface area contributed by atoms with E-state index in [9.17, 15) is 0 Å². The zero-order valence-corrected chi connectivity index (χ0v) is 10.8. The Bertz CT molecular complexity index is 221. The third kappa shape index (κ3) is 1.84. The molecule has 15 heavy (non-hydrogen) atoms. The lowest BCUT2D eigenvalue weighted by molar-refractivity contribution is 0.0437. The van der Waals surface area contributed by atoms with Gasteiger partial charge in [-0.25, -0.2) is 0 Å². The summed E-state index contributed by atoms with van der Waals surface area (Å²) in [4.78, 5) is 0. The third-order valence-electron chi connectivity index (χ3n) is 5.21.